The van der Waals surface area contributed by atoms with Crippen molar-refractivity contribution in [3.8, 4) is 5.75 Å². The lowest BCUT2D eigenvalue weighted by molar-refractivity contribution is 0.317. The third-order valence-electron chi connectivity index (χ3n) is 3.37. The smallest absolute Gasteiger partial charge is 0.119 e. The van der Waals surface area contributed by atoms with E-state index in [-0.39, 0.29) is 0 Å². The van der Waals surface area contributed by atoms with Gasteiger partial charge in [-0.05, 0) is 74.4 Å². The molecule has 1 aromatic rings. The van der Waals surface area contributed by atoms with Crippen molar-refractivity contribution in [3.05, 3.63) is 28.8 Å². The van der Waals surface area contributed by atoms with Crippen molar-refractivity contribution in [2.24, 2.45) is 5.73 Å². The third kappa shape index (κ3) is 4.02. The highest BCUT2D eigenvalue weighted by Gasteiger charge is 2.12. The lowest BCUT2D eigenvalue weighted by Crippen LogP contribution is -2.05. The quantitative estimate of drug-likeness (QED) is 0.794. The molecule has 1 atom stereocenters. The van der Waals surface area contributed by atoms with Crippen LogP contribution >= 0.6 is 0 Å². The van der Waals surface area contributed by atoms with E-state index in [9.17, 15) is 0 Å². The average Bonchev–Trinajstić information content (AvgIpc) is 2.33. The number of hydrogen-bond acceptors (Lipinski definition) is 2. The molecular formula is C16H27NO. The van der Waals surface area contributed by atoms with E-state index in [4.69, 9.17) is 10.5 Å². The van der Waals surface area contributed by atoms with Gasteiger partial charge in [0.1, 0.15) is 5.75 Å². The van der Waals surface area contributed by atoms with Gasteiger partial charge in [0.05, 0.1) is 6.61 Å². The minimum Gasteiger partial charge on any atom is -0.494 e. The molecule has 18 heavy (non-hydrogen) atoms. The molecule has 0 aromatic heterocycles. The summed E-state index contributed by atoms with van der Waals surface area (Å²) in [5.74, 6) is 1.58. The number of ether oxygens (including phenoxy) is 1. The maximum Gasteiger partial charge on any atom is 0.119 e. The molecule has 0 bridgehead atoms. The standard InChI is InChI=1S/C16H27NO/c1-5-9-18-15-10-13(3)16(14(4)11-15)12(2)7-6-8-17/h10-12H,5-9,17H2,1-4H3. The first-order valence-electron chi connectivity index (χ1n) is 7.04. The molecule has 2 N–H and O–H groups in total. The zero-order chi connectivity index (χ0) is 13.5. The Morgan fingerprint density at radius 2 is 1.83 bits per heavy atom. The molecule has 0 saturated carbocycles. The molecule has 0 aliphatic rings. The van der Waals surface area contributed by atoms with Gasteiger partial charge in [0.15, 0.2) is 0 Å². The van der Waals surface area contributed by atoms with Crippen LogP contribution in [0, 0.1) is 13.8 Å². The van der Waals surface area contributed by atoms with Crippen LogP contribution in [0.4, 0.5) is 0 Å². The summed E-state index contributed by atoms with van der Waals surface area (Å²) in [6.07, 6.45) is 3.30. The van der Waals surface area contributed by atoms with Crippen LogP contribution in [-0.2, 0) is 0 Å². The number of rotatable bonds is 7. The molecule has 2 nitrogen and oxygen atoms in total. The zero-order valence-corrected chi connectivity index (χ0v) is 12.3. The minimum atomic E-state index is 0.578. The predicted octanol–water partition coefficient (Wildman–Crippen LogP) is 3.93. The molecule has 1 aromatic carbocycles. The summed E-state index contributed by atoms with van der Waals surface area (Å²) >= 11 is 0. The Morgan fingerprint density at radius 3 is 2.33 bits per heavy atom. The largest absolute Gasteiger partial charge is 0.494 e. The number of nitrogens with two attached hydrogens (primary N) is 1. The molecule has 1 unspecified atom stereocenters. The minimum absolute atomic E-state index is 0.578. The molecule has 0 fully saturated rings. The van der Waals surface area contributed by atoms with E-state index >= 15 is 0 Å². The van der Waals surface area contributed by atoms with Crippen molar-refractivity contribution in [2.45, 2.75) is 52.9 Å². The Bertz CT molecular complexity index is 350. The van der Waals surface area contributed by atoms with E-state index in [1.807, 2.05) is 0 Å². The van der Waals surface area contributed by atoms with Gasteiger partial charge < -0.3 is 10.5 Å². The van der Waals surface area contributed by atoms with Crippen molar-refractivity contribution in [1.29, 1.82) is 0 Å². The molecular weight excluding hydrogens is 222 g/mol. The summed E-state index contributed by atoms with van der Waals surface area (Å²) < 4.78 is 5.71. The Kier molecular flexibility index (Phi) is 6.20. The van der Waals surface area contributed by atoms with Crippen LogP contribution in [0.3, 0.4) is 0 Å². The maximum atomic E-state index is 5.71. The second-order valence-electron chi connectivity index (χ2n) is 5.15. The van der Waals surface area contributed by atoms with Gasteiger partial charge in [0, 0.05) is 0 Å². The Hall–Kier alpha value is -1.02. The summed E-state index contributed by atoms with van der Waals surface area (Å²) in [4.78, 5) is 0. The van der Waals surface area contributed by atoms with Gasteiger partial charge in [-0.2, -0.15) is 0 Å². The van der Waals surface area contributed by atoms with E-state index in [1.165, 1.54) is 16.7 Å². The maximum absolute atomic E-state index is 5.71. The molecule has 0 aliphatic heterocycles. The van der Waals surface area contributed by atoms with Gasteiger partial charge in [-0.1, -0.05) is 13.8 Å². The summed E-state index contributed by atoms with van der Waals surface area (Å²) in [6, 6.07) is 4.33. The Morgan fingerprint density at radius 1 is 1.22 bits per heavy atom. The van der Waals surface area contributed by atoms with Crippen LogP contribution in [-0.4, -0.2) is 13.2 Å². The van der Waals surface area contributed by atoms with Gasteiger partial charge in [-0.3, -0.25) is 0 Å². The highest BCUT2D eigenvalue weighted by molar-refractivity contribution is 5.42. The van der Waals surface area contributed by atoms with Crippen LogP contribution in [0.1, 0.15) is 55.7 Å². The van der Waals surface area contributed by atoms with Gasteiger partial charge in [0.25, 0.3) is 0 Å². The van der Waals surface area contributed by atoms with E-state index in [2.05, 4.69) is 39.8 Å². The van der Waals surface area contributed by atoms with Crippen molar-refractivity contribution >= 4 is 0 Å². The summed E-state index contributed by atoms with van der Waals surface area (Å²) in [5, 5.41) is 0. The number of hydrogen-bond donors (Lipinski definition) is 1. The highest BCUT2D eigenvalue weighted by Crippen LogP contribution is 2.30. The van der Waals surface area contributed by atoms with Gasteiger partial charge in [-0.15, -0.1) is 0 Å². The zero-order valence-electron chi connectivity index (χ0n) is 12.3. The lowest BCUT2D eigenvalue weighted by Gasteiger charge is -2.19. The van der Waals surface area contributed by atoms with Crippen LogP contribution < -0.4 is 10.5 Å². The third-order valence-corrected chi connectivity index (χ3v) is 3.37. The summed E-state index contributed by atoms with van der Waals surface area (Å²) in [7, 11) is 0. The molecule has 2 heteroatoms. The van der Waals surface area contributed by atoms with E-state index in [1.54, 1.807) is 0 Å². The van der Waals surface area contributed by atoms with E-state index in [0.717, 1.165) is 38.2 Å². The summed E-state index contributed by atoms with van der Waals surface area (Å²) in [5.41, 5.74) is 9.73. The van der Waals surface area contributed by atoms with E-state index in [0.29, 0.717) is 5.92 Å². The van der Waals surface area contributed by atoms with Crippen LogP contribution in [0.2, 0.25) is 0 Å². The molecule has 0 spiro atoms. The first-order chi connectivity index (χ1) is 8.60. The first kappa shape index (κ1) is 15.0. The average molecular weight is 249 g/mol. The highest BCUT2D eigenvalue weighted by atomic mass is 16.5. The fourth-order valence-corrected chi connectivity index (χ4v) is 2.58. The van der Waals surface area contributed by atoms with Crippen molar-refractivity contribution < 1.29 is 4.74 Å². The van der Waals surface area contributed by atoms with Gasteiger partial charge >= 0.3 is 0 Å². The van der Waals surface area contributed by atoms with Crippen molar-refractivity contribution in [3.63, 3.8) is 0 Å². The van der Waals surface area contributed by atoms with Gasteiger partial charge in [-0.25, -0.2) is 0 Å². The topological polar surface area (TPSA) is 35.2 Å². The summed E-state index contributed by atoms with van der Waals surface area (Å²) in [6.45, 7) is 10.3. The fourth-order valence-electron chi connectivity index (χ4n) is 2.58. The van der Waals surface area contributed by atoms with Crippen LogP contribution in [0.15, 0.2) is 12.1 Å². The second-order valence-corrected chi connectivity index (χ2v) is 5.15. The molecule has 0 aliphatic carbocycles. The molecule has 0 saturated heterocycles. The number of benzene rings is 1. The lowest BCUT2D eigenvalue weighted by atomic mass is 9.89. The van der Waals surface area contributed by atoms with Crippen molar-refractivity contribution in [2.75, 3.05) is 13.2 Å². The van der Waals surface area contributed by atoms with Crippen molar-refractivity contribution in [1.82, 2.24) is 0 Å². The Labute approximate surface area is 112 Å². The first-order valence-corrected chi connectivity index (χ1v) is 7.04. The predicted molar refractivity (Wildman–Crippen MR) is 78.4 cm³/mol. The molecule has 1 rings (SSSR count). The Balaban J connectivity index is 2.86. The molecule has 0 radical (unpaired) electrons. The van der Waals surface area contributed by atoms with E-state index < -0.39 is 0 Å². The second kappa shape index (κ2) is 7.42. The SMILES string of the molecule is CCCOc1cc(C)c(C(C)CCCN)c(C)c1. The normalized spacial score (nSPS) is 12.5. The fraction of sp³-hybridized carbons (Fsp3) is 0.625. The molecule has 102 valence electrons. The molecule has 0 heterocycles. The monoisotopic (exact) mass is 249 g/mol. The molecule has 0 amide bonds. The van der Waals surface area contributed by atoms with Crippen LogP contribution in [0.25, 0.3) is 0 Å². The number of aryl methyl sites for hydroxylation is 2. The van der Waals surface area contributed by atoms with Gasteiger partial charge in [0.2, 0.25) is 0 Å². The van der Waals surface area contributed by atoms with Crippen LogP contribution in [0.5, 0.6) is 5.75 Å².